The Bertz CT molecular complexity index is 488. The number of hydrogen-bond donors (Lipinski definition) is 0. The third-order valence-corrected chi connectivity index (χ3v) is 4.07. The van der Waals surface area contributed by atoms with Crippen molar-refractivity contribution in [2.24, 2.45) is 5.92 Å². The summed E-state index contributed by atoms with van der Waals surface area (Å²) in [5, 5.41) is 0. The van der Waals surface area contributed by atoms with Crippen molar-refractivity contribution in [1.82, 2.24) is 9.80 Å². The van der Waals surface area contributed by atoms with Crippen LogP contribution in [0, 0.1) is 5.92 Å². The smallest absolute Gasteiger partial charge is 0.227 e. The van der Waals surface area contributed by atoms with Crippen LogP contribution in [-0.2, 0) is 16.0 Å². The van der Waals surface area contributed by atoms with E-state index < -0.39 is 0 Å². The maximum atomic E-state index is 12.2. The summed E-state index contributed by atoms with van der Waals surface area (Å²) in [5.41, 5.74) is 1.05. The first-order valence-corrected chi connectivity index (χ1v) is 7.34. The van der Waals surface area contributed by atoms with Crippen molar-refractivity contribution in [3.05, 3.63) is 35.9 Å². The zero-order valence-corrected chi connectivity index (χ0v) is 11.6. The Kier molecular flexibility index (Phi) is 3.72. The van der Waals surface area contributed by atoms with Gasteiger partial charge in [-0.15, -0.1) is 0 Å². The van der Waals surface area contributed by atoms with Crippen molar-refractivity contribution in [1.29, 1.82) is 0 Å². The average Bonchev–Trinajstić information content (AvgIpc) is 3.32. The molecule has 106 valence electrons. The first-order valence-electron chi connectivity index (χ1n) is 7.34. The van der Waals surface area contributed by atoms with Gasteiger partial charge < -0.3 is 9.80 Å². The molecule has 0 N–H and O–H groups in total. The van der Waals surface area contributed by atoms with E-state index in [0.29, 0.717) is 38.5 Å². The minimum Gasteiger partial charge on any atom is -0.339 e. The van der Waals surface area contributed by atoms with Gasteiger partial charge in [-0.05, 0) is 18.4 Å². The highest BCUT2D eigenvalue weighted by Gasteiger charge is 2.35. The molecule has 1 saturated heterocycles. The lowest BCUT2D eigenvalue weighted by atomic mass is 10.1. The zero-order chi connectivity index (χ0) is 13.9. The molecule has 0 aromatic heterocycles. The molecular weight excluding hydrogens is 252 g/mol. The summed E-state index contributed by atoms with van der Waals surface area (Å²) < 4.78 is 0. The van der Waals surface area contributed by atoms with E-state index >= 15 is 0 Å². The molecule has 1 saturated carbocycles. The molecule has 1 aromatic rings. The maximum Gasteiger partial charge on any atom is 0.227 e. The predicted octanol–water partition coefficient (Wildman–Crippen LogP) is 1.31. The highest BCUT2D eigenvalue weighted by molar-refractivity contribution is 5.82. The minimum atomic E-state index is 0.162. The van der Waals surface area contributed by atoms with Crippen molar-refractivity contribution in [2.75, 3.05) is 26.2 Å². The van der Waals surface area contributed by atoms with Gasteiger partial charge in [0.2, 0.25) is 11.8 Å². The van der Waals surface area contributed by atoms with Gasteiger partial charge in [-0.2, -0.15) is 0 Å². The van der Waals surface area contributed by atoms with Gasteiger partial charge in [0.05, 0.1) is 6.42 Å². The van der Waals surface area contributed by atoms with Gasteiger partial charge in [0.15, 0.2) is 0 Å². The van der Waals surface area contributed by atoms with Gasteiger partial charge in [0, 0.05) is 32.1 Å². The monoisotopic (exact) mass is 272 g/mol. The van der Waals surface area contributed by atoms with Gasteiger partial charge in [-0.3, -0.25) is 9.59 Å². The summed E-state index contributed by atoms with van der Waals surface area (Å²) in [6, 6.07) is 9.81. The highest BCUT2D eigenvalue weighted by atomic mass is 16.2. The molecule has 4 nitrogen and oxygen atoms in total. The van der Waals surface area contributed by atoms with Crippen molar-refractivity contribution in [2.45, 2.75) is 19.3 Å². The Morgan fingerprint density at radius 2 is 1.55 bits per heavy atom. The minimum absolute atomic E-state index is 0.162. The van der Waals surface area contributed by atoms with Crippen molar-refractivity contribution < 1.29 is 9.59 Å². The molecule has 2 amide bonds. The summed E-state index contributed by atoms with van der Waals surface area (Å²) in [5.74, 6) is 0.733. The molecule has 4 heteroatoms. The number of benzene rings is 1. The molecule has 0 bridgehead atoms. The molecule has 20 heavy (non-hydrogen) atoms. The fourth-order valence-electron chi connectivity index (χ4n) is 2.65. The Morgan fingerprint density at radius 1 is 0.950 bits per heavy atom. The van der Waals surface area contributed by atoms with Crippen LogP contribution in [0.2, 0.25) is 0 Å². The van der Waals surface area contributed by atoms with E-state index in [1.54, 1.807) is 0 Å². The molecule has 3 rings (SSSR count). The molecule has 2 aliphatic rings. The quantitative estimate of drug-likeness (QED) is 0.832. The first-order chi connectivity index (χ1) is 9.74. The molecule has 1 aromatic carbocycles. The fourth-order valence-corrected chi connectivity index (χ4v) is 2.65. The van der Waals surface area contributed by atoms with E-state index in [1.165, 1.54) is 0 Å². The Labute approximate surface area is 119 Å². The van der Waals surface area contributed by atoms with Crippen LogP contribution in [-0.4, -0.2) is 47.8 Å². The van der Waals surface area contributed by atoms with Gasteiger partial charge in [0.1, 0.15) is 0 Å². The SMILES string of the molecule is O=C(Cc1ccccc1)N1CCN(C(=O)C2CC2)CC1. The molecule has 1 aliphatic heterocycles. The van der Waals surface area contributed by atoms with E-state index in [-0.39, 0.29) is 11.8 Å². The van der Waals surface area contributed by atoms with E-state index in [4.69, 9.17) is 0 Å². The number of amides is 2. The van der Waals surface area contributed by atoms with Crippen molar-refractivity contribution >= 4 is 11.8 Å². The number of piperazine rings is 1. The van der Waals surface area contributed by atoms with E-state index in [2.05, 4.69) is 0 Å². The second-order valence-electron chi connectivity index (χ2n) is 5.64. The number of nitrogens with zero attached hydrogens (tertiary/aromatic N) is 2. The van der Waals surface area contributed by atoms with Crippen LogP contribution in [0.25, 0.3) is 0 Å². The van der Waals surface area contributed by atoms with Crippen LogP contribution in [0.4, 0.5) is 0 Å². The summed E-state index contributed by atoms with van der Waals surface area (Å²) in [6.45, 7) is 2.72. The second kappa shape index (κ2) is 5.65. The maximum absolute atomic E-state index is 12.2. The summed E-state index contributed by atoms with van der Waals surface area (Å²) in [7, 11) is 0. The van der Waals surface area contributed by atoms with Gasteiger partial charge >= 0.3 is 0 Å². The topological polar surface area (TPSA) is 40.6 Å². The molecule has 2 fully saturated rings. The predicted molar refractivity (Wildman–Crippen MR) is 76.0 cm³/mol. The molecule has 0 unspecified atom stereocenters. The number of carbonyl (C=O) groups excluding carboxylic acids is 2. The summed E-state index contributed by atoms with van der Waals surface area (Å²) in [6.07, 6.45) is 2.55. The summed E-state index contributed by atoms with van der Waals surface area (Å²) >= 11 is 0. The third-order valence-electron chi connectivity index (χ3n) is 4.07. The van der Waals surface area contributed by atoms with E-state index in [1.807, 2.05) is 40.1 Å². The lowest BCUT2D eigenvalue weighted by Gasteiger charge is -2.35. The largest absolute Gasteiger partial charge is 0.339 e. The normalized spacial score (nSPS) is 19.0. The third kappa shape index (κ3) is 3.00. The fraction of sp³-hybridized carbons (Fsp3) is 0.500. The number of hydrogen-bond acceptors (Lipinski definition) is 2. The molecule has 0 radical (unpaired) electrons. The molecule has 0 atom stereocenters. The Hall–Kier alpha value is -1.84. The van der Waals surface area contributed by atoms with Crippen molar-refractivity contribution in [3.63, 3.8) is 0 Å². The van der Waals surface area contributed by atoms with E-state index in [0.717, 1.165) is 18.4 Å². The van der Waals surface area contributed by atoms with Gasteiger partial charge in [-0.1, -0.05) is 30.3 Å². The number of rotatable bonds is 3. The molecule has 1 aliphatic carbocycles. The average molecular weight is 272 g/mol. The summed E-state index contributed by atoms with van der Waals surface area (Å²) in [4.78, 5) is 28.0. The zero-order valence-electron chi connectivity index (χ0n) is 11.6. The Morgan fingerprint density at radius 3 is 2.15 bits per heavy atom. The van der Waals surface area contributed by atoms with E-state index in [9.17, 15) is 9.59 Å². The van der Waals surface area contributed by atoms with Gasteiger partial charge in [-0.25, -0.2) is 0 Å². The first kappa shape index (κ1) is 13.2. The van der Waals surface area contributed by atoms with Crippen LogP contribution in [0.1, 0.15) is 18.4 Å². The van der Waals surface area contributed by atoms with Crippen LogP contribution in [0.15, 0.2) is 30.3 Å². The van der Waals surface area contributed by atoms with Crippen LogP contribution < -0.4 is 0 Å². The Balaban J connectivity index is 1.50. The van der Waals surface area contributed by atoms with Crippen molar-refractivity contribution in [3.8, 4) is 0 Å². The molecule has 1 heterocycles. The van der Waals surface area contributed by atoms with Crippen LogP contribution in [0.3, 0.4) is 0 Å². The standard InChI is InChI=1S/C16H20N2O2/c19-15(12-13-4-2-1-3-5-13)17-8-10-18(11-9-17)16(20)14-6-7-14/h1-5,14H,6-12H2. The van der Waals surface area contributed by atoms with Crippen LogP contribution >= 0.6 is 0 Å². The highest BCUT2D eigenvalue weighted by Crippen LogP contribution is 2.31. The molecule has 0 spiro atoms. The van der Waals surface area contributed by atoms with Gasteiger partial charge in [0.25, 0.3) is 0 Å². The number of carbonyl (C=O) groups is 2. The molecular formula is C16H20N2O2. The lowest BCUT2D eigenvalue weighted by molar-refractivity contribution is -0.140. The lowest BCUT2D eigenvalue weighted by Crippen LogP contribution is -2.51. The second-order valence-corrected chi connectivity index (χ2v) is 5.64. The van der Waals surface area contributed by atoms with Crippen LogP contribution in [0.5, 0.6) is 0 Å².